The number of carbonyl (C=O) groups is 2. The minimum Gasteiger partial charge on any atom is -0.339 e. The summed E-state index contributed by atoms with van der Waals surface area (Å²) in [5.41, 5.74) is 4.73. The quantitative estimate of drug-likeness (QED) is 0.281. The maximum Gasteiger partial charge on any atom is 0.270 e. The number of hydrogen-bond acceptors (Lipinski definition) is 5. The second-order valence-electron chi connectivity index (χ2n) is 12.3. The number of aryl methyl sites for hydroxylation is 2. The van der Waals surface area contributed by atoms with Crippen molar-refractivity contribution in [3.05, 3.63) is 47.7 Å². The highest BCUT2D eigenvalue weighted by molar-refractivity contribution is 6.00. The van der Waals surface area contributed by atoms with Crippen LogP contribution in [0.5, 0.6) is 0 Å². The Labute approximate surface area is 243 Å². The van der Waals surface area contributed by atoms with Gasteiger partial charge in [-0.2, -0.15) is 10.2 Å². The third-order valence-electron chi connectivity index (χ3n) is 9.15. The summed E-state index contributed by atoms with van der Waals surface area (Å²) in [5, 5.41) is 18.0. The second kappa shape index (κ2) is 13.0. The molecule has 2 amide bonds. The molecule has 0 spiro atoms. The molecule has 9 nitrogen and oxygen atoms in total. The number of amides is 2. The van der Waals surface area contributed by atoms with Gasteiger partial charge in [-0.15, -0.1) is 0 Å². The van der Waals surface area contributed by atoms with Crippen LogP contribution in [0.4, 0.5) is 5.69 Å². The summed E-state index contributed by atoms with van der Waals surface area (Å²) in [5.74, 6) is 0.530. The molecule has 0 unspecified atom stereocenters. The van der Waals surface area contributed by atoms with Crippen molar-refractivity contribution in [3.63, 3.8) is 0 Å². The van der Waals surface area contributed by atoms with Crippen molar-refractivity contribution in [2.45, 2.75) is 104 Å². The molecule has 2 saturated carbocycles. The highest BCUT2D eigenvalue weighted by Gasteiger charge is 2.41. The lowest BCUT2D eigenvalue weighted by atomic mass is 9.66. The van der Waals surface area contributed by atoms with Crippen LogP contribution in [0.25, 0.3) is 11.3 Å². The minimum absolute atomic E-state index is 0.0394. The number of pyridine rings is 1. The molecule has 5 rings (SSSR count). The van der Waals surface area contributed by atoms with Crippen molar-refractivity contribution in [1.82, 2.24) is 30.3 Å². The molecule has 0 aliphatic heterocycles. The molecule has 2 fully saturated rings. The van der Waals surface area contributed by atoms with Gasteiger partial charge in [0.05, 0.1) is 23.3 Å². The first-order valence-corrected chi connectivity index (χ1v) is 15.5. The van der Waals surface area contributed by atoms with E-state index in [1.54, 1.807) is 23.1 Å². The number of H-pyrrole nitrogens is 1. The van der Waals surface area contributed by atoms with Gasteiger partial charge in [-0.3, -0.25) is 24.4 Å². The lowest BCUT2D eigenvalue weighted by Crippen LogP contribution is -2.53. The van der Waals surface area contributed by atoms with Crippen LogP contribution in [0.1, 0.15) is 106 Å². The van der Waals surface area contributed by atoms with E-state index in [4.69, 9.17) is 0 Å². The van der Waals surface area contributed by atoms with E-state index < -0.39 is 6.04 Å². The van der Waals surface area contributed by atoms with Gasteiger partial charge >= 0.3 is 0 Å². The Hall–Kier alpha value is -3.49. The van der Waals surface area contributed by atoms with E-state index in [1.807, 2.05) is 39.8 Å². The van der Waals surface area contributed by atoms with Crippen molar-refractivity contribution >= 4 is 17.5 Å². The van der Waals surface area contributed by atoms with E-state index >= 15 is 0 Å². The topological polar surface area (TPSA) is 118 Å². The van der Waals surface area contributed by atoms with Crippen LogP contribution in [0.3, 0.4) is 0 Å². The average Bonchev–Trinajstić information content (AvgIpc) is 3.61. The van der Waals surface area contributed by atoms with Gasteiger partial charge in [-0.1, -0.05) is 64.2 Å². The number of aromatic nitrogens is 5. The molecule has 2 aliphatic carbocycles. The zero-order valence-corrected chi connectivity index (χ0v) is 24.9. The molecule has 0 bridgehead atoms. The summed E-state index contributed by atoms with van der Waals surface area (Å²) in [7, 11) is 0. The predicted molar refractivity (Wildman–Crippen MR) is 160 cm³/mol. The van der Waals surface area contributed by atoms with Crippen LogP contribution < -0.4 is 10.6 Å². The number of rotatable bonds is 9. The zero-order chi connectivity index (χ0) is 28.9. The smallest absolute Gasteiger partial charge is 0.270 e. The minimum atomic E-state index is -0.637. The SMILES string of the molecule is Cc1n[nH]c(C)c1-c1ccc(NC(=O)[C@@H](NC(=O)c2ccnn2C(C)C)C(C2CCCCC2)C2CCCCC2)cn1. The van der Waals surface area contributed by atoms with Crippen molar-refractivity contribution in [1.29, 1.82) is 0 Å². The van der Waals surface area contributed by atoms with Gasteiger partial charge in [-0.05, 0) is 63.6 Å². The normalized spacial score (nSPS) is 17.6. The van der Waals surface area contributed by atoms with Gasteiger partial charge in [-0.25, -0.2) is 0 Å². The van der Waals surface area contributed by atoms with Crippen molar-refractivity contribution in [2.24, 2.45) is 17.8 Å². The number of nitrogens with zero attached hydrogens (tertiary/aromatic N) is 4. The van der Waals surface area contributed by atoms with Crippen LogP contribution in [-0.4, -0.2) is 42.8 Å². The maximum absolute atomic E-state index is 14.2. The lowest BCUT2D eigenvalue weighted by Gasteiger charge is -2.42. The molecule has 41 heavy (non-hydrogen) atoms. The number of anilines is 1. The van der Waals surface area contributed by atoms with Gasteiger partial charge in [0.25, 0.3) is 5.91 Å². The standard InChI is InChI=1S/C32H45N7O2/c1-20(2)39-27(17-18-34-39)31(40)36-30(29(23-11-7-5-8-12-23)24-13-9-6-10-14-24)32(41)35-25-15-16-26(33-19-25)28-21(3)37-38-22(28)4/h15-20,23-24,29-30H,5-14H2,1-4H3,(H,35,41)(H,36,40)(H,37,38)/t30-/m0/s1. The van der Waals surface area contributed by atoms with Gasteiger partial charge in [0.2, 0.25) is 5.91 Å². The third-order valence-corrected chi connectivity index (χ3v) is 9.15. The van der Waals surface area contributed by atoms with Gasteiger partial charge in [0, 0.05) is 23.5 Å². The molecular formula is C32H45N7O2. The van der Waals surface area contributed by atoms with E-state index in [0.29, 0.717) is 23.2 Å². The summed E-state index contributed by atoms with van der Waals surface area (Å²) in [6, 6.07) is 4.94. The van der Waals surface area contributed by atoms with E-state index in [2.05, 4.69) is 30.9 Å². The first-order chi connectivity index (χ1) is 19.8. The van der Waals surface area contributed by atoms with E-state index in [0.717, 1.165) is 48.3 Å². The van der Waals surface area contributed by atoms with Gasteiger partial charge in [0.1, 0.15) is 11.7 Å². The lowest BCUT2D eigenvalue weighted by molar-refractivity contribution is -0.120. The molecule has 1 atom stereocenters. The highest BCUT2D eigenvalue weighted by atomic mass is 16.2. The predicted octanol–water partition coefficient (Wildman–Crippen LogP) is 6.38. The molecule has 3 aromatic rings. The molecule has 9 heteroatoms. The Bertz CT molecular complexity index is 1280. The first-order valence-electron chi connectivity index (χ1n) is 15.5. The molecule has 0 radical (unpaired) electrons. The summed E-state index contributed by atoms with van der Waals surface area (Å²) in [6.07, 6.45) is 15.1. The molecule has 3 aromatic heterocycles. The van der Waals surface area contributed by atoms with Crippen LogP contribution in [-0.2, 0) is 4.79 Å². The highest BCUT2D eigenvalue weighted by Crippen LogP contribution is 2.42. The molecule has 220 valence electrons. The van der Waals surface area contributed by atoms with Gasteiger partial charge in [0.15, 0.2) is 0 Å². The maximum atomic E-state index is 14.2. The largest absolute Gasteiger partial charge is 0.339 e. The van der Waals surface area contributed by atoms with E-state index in [1.165, 1.54) is 38.5 Å². The van der Waals surface area contributed by atoms with Crippen LogP contribution >= 0.6 is 0 Å². The molecule has 3 N–H and O–H groups in total. The monoisotopic (exact) mass is 559 g/mol. The number of nitrogens with one attached hydrogen (secondary N) is 3. The second-order valence-corrected chi connectivity index (χ2v) is 12.3. The number of aromatic amines is 1. The summed E-state index contributed by atoms with van der Waals surface area (Å²) >= 11 is 0. The zero-order valence-electron chi connectivity index (χ0n) is 24.9. The Balaban J connectivity index is 1.44. The number of hydrogen-bond donors (Lipinski definition) is 3. The van der Waals surface area contributed by atoms with Crippen molar-refractivity contribution in [3.8, 4) is 11.3 Å². The Morgan fingerprint density at radius 3 is 2.15 bits per heavy atom. The van der Waals surface area contributed by atoms with Crippen LogP contribution in [0.15, 0.2) is 30.6 Å². The molecular weight excluding hydrogens is 514 g/mol. The Morgan fingerprint density at radius 2 is 1.61 bits per heavy atom. The fourth-order valence-corrected chi connectivity index (χ4v) is 7.19. The fraction of sp³-hybridized carbons (Fsp3) is 0.594. The summed E-state index contributed by atoms with van der Waals surface area (Å²) < 4.78 is 1.73. The Kier molecular flexibility index (Phi) is 9.20. The average molecular weight is 560 g/mol. The van der Waals surface area contributed by atoms with Crippen LogP contribution in [0, 0.1) is 31.6 Å². The molecule has 2 aliphatic rings. The summed E-state index contributed by atoms with van der Waals surface area (Å²) in [6.45, 7) is 7.93. The summed E-state index contributed by atoms with van der Waals surface area (Å²) in [4.78, 5) is 32.6. The van der Waals surface area contributed by atoms with E-state index in [-0.39, 0.29) is 23.8 Å². The van der Waals surface area contributed by atoms with Gasteiger partial charge < -0.3 is 10.6 Å². The molecule has 0 aromatic carbocycles. The van der Waals surface area contributed by atoms with E-state index in [9.17, 15) is 9.59 Å². The first kappa shape index (κ1) is 29.0. The fourth-order valence-electron chi connectivity index (χ4n) is 7.19. The number of carbonyl (C=O) groups excluding carboxylic acids is 2. The molecule has 0 saturated heterocycles. The third kappa shape index (κ3) is 6.54. The van der Waals surface area contributed by atoms with Crippen molar-refractivity contribution in [2.75, 3.05) is 5.32 Å². The molecule has 3 heterocycles. The van der Waals surface area contributed by atoms with Crippen molar-refractivity contribution < 1.29 is 9.59 Å². The van der Waals surface area contributed by atoms with Crippen LogP contribution in [0.2, 0.25) is 0 Å². The Morgan fingerprint density at radius 1 is 0.951 bits per heavy atom.